The Morgan fingerprint density at radius 2 is 1.77 bits per heavy atom. The molecule has 108 valence electrons. The number of carbonyl (C=O) groups is 1. The number of hydrogen-bond donors (Lipinski definition) is 0. The number of aromatic nitrogens is 2. The lowest BCUT2D eigenvalue weighted by atomic mass is 9.99. The Labute approximate surface area is 128 Å². The van der Waals surface area contributed by atoms with Crippen molar-refractivity contribution in [3.05, 3.63) is 71.5 Å². The Hall–Kier alpha value is -2.75. The molecule has 4 nitrogen and oxygen atoms in total. The first-order valence-electron chi connectivity index (χ1n) is 7.39. The highest BCUT2D eigenvalue weighted by Gasteiger charge is 2.23. The zero-order chi connectivity index (χ0) is 14.9. The first-order valence-corrected chi connectivity index (χ1v) is 7.39. The smallest absolute Gasteiger partial charge is 0.256 e. The second-order valence-electron chi connectivity index (χ2n) is 5.48. The monoisotopic (exact) mass is 289 g/mol. The van der Waals surface area contributed by atoms with Crippen LogP contribution in [-0.4, -0.2) is 27.3 Å². The molecule has 3 aromatic rings. The van der Waals surface area contributed by atoms with E-state index in [2.05, 4.69) is 28.2 Å². The average molecular weight is 289 g/mol. The van der Waals surface area contributed by atoms with Crippen molar-refractivity contribution in [3.63, 3.8) is 0 Å². The molecule has 0 fully saturated rings. The van der Waals surface area contributed by atoms with Crippen LogP contribution in [0.3, 0.4) is 0 Å². The highest BCUT2D eigenvalue weighted by Crippen LogP contribution is 2.22. The number of amides is 1. The molecule has 22 heavy (non-hydrogen) atoms. The molecule has 4 heteroatoms. The van der Waals surface area contributed by atoms with Gasteiger partial charge in [0.05, 0.1) is 11.1 Å². The molecule has 0 aliphatic carbocycles. The molecule has 2 heterocycles. The van der Waals surface area contributed by atoms with E-state index in [1.54, 1.807) is 12.4 Å². The Morgan fingerprint density at radius 3 is 2.68 bits per heavy atom. The first kappa shape index (κ1) is 13.0. The van der Waals surface area contributed by atoms with Crippen molar-refractivity contribution in [2.24, 2.45) is 0 Å². The van der Waals surface area contributed by atoms with Crippen molar-refractivity contribution in [1.29, 1.82) is 0 Å². The lowest BCUT2D eigenvalue weighted by molar-refractivity contribution is 0.0736. The summed E-state index contributed by atoms with van der Waals surface area (Å²) in [5.74, 6) is 0.0283. The maximum atomic E-state index is 12.9. The highest BCUT2D eigenvalue weighted by atomic mass is 16.2. The van der Waals surface area contributed by atoms with Gasteiger partial charge in [0.15, 0.2) is 0 Å². The van der Waals surface area contributed by atoms with Crippen molar-refractivity contribution >= 4 is 16.9 Å². The summed E-state index contributed by atoms with van der Waals surface area (Å²) in [7, 11) is 0. The van der Waals surface area contributed by atoms with E-state index in [4.69, 9.17) is 0 Å². The number of para-hydroxylation sites is 1. The number of carbonyl (C=O) groups excluding carboxylic acids is 1. The molecule has 1 aliphatic heterocycles. The van der Waals surface area contributed by atoms with Crippen LogP contribution in [-0.2, 0) is 13.0 Å². The molecule has 0 atom stereocenters. The molecule has 0 N–H and O–H groups in total. The molecule has 0 bridgehead atoms. The van der Waals surface area contributed by atoms with E-state index in [0.29, 0.717) is 17.6 Å². The van der Waals surface area contributed by atoms with Gasteiger partial charge in [-0.1, -0.05) is 30.3 Å². The largest absolute Gasteiger partial charge is 0.334 e. The van der Waals surface area contributed by atoms with E-state index < -0.39 is 0 Å². The van der Waals surface area contributed by atoms with E-state index >= 15 is 0 Å². The molecule has 4 rings (SSSR count). The Kier molecular flexibility index (Phi) is 3.07. The lowest BCUT2D eigenvalue weighted by Crippen LogP contribution is -2.36. The second-order valence-corrected chi connectivity index (χ2v) is 5.48. The second kappa shape index (κ2) is 5.22. The van der Waals surface area contributed by atoms with Gasteiger partial charge in [0.1, 0.15) is 5.52 Å². The molecule has 0 spiro atoms. The fraction of sp³-hybridized carbons (Fsp3) is 0.167. The molecule has 1 aliphatic rings. The molecule has 1 amide bonds. The summed E-state index contributed by atoms with van der Waals surface area (Å²) in [6.07, 6.45) is 4.18. The predicted octanol–water partition coefficient (Wildman–Crippen LogP) is 2.83. The van der Waals surface area contributed by atoms with Crippen molar-refractivity contribution in [3.8, 4) is 0 Å². The summed E-state index contributed by atoms with van der Waals surface area (Å²) in [5, 5.41) is 0. The third-order valence-electron chi connectivity index (χ3n) is 4.15. The van der Waals surface area contributed by atoms with Gasteiger partial charge in [-0.15, -0.1) is 0 Å². The number of hydrogen-bond acceptors (Lipinski definition) is 3. The Bertz CT molecular complexity index is 854. The molecule has 0 unspecified atom stereocenters. The third-order valence-corrected chi connectivity index (χ3v) is 4.15. The number of nitrogens with zero attached hydrogens (tertiary/aromatic N) is 3. The molecule has 0 saturated carbocycles. The van der Waals surface area contributed by atoms with E-state index in [1.165, 1.54) is 11.1 Å². The van der Waals surface area contributed by atoms with Gasteiger partial charge in [-0.05, 0) is 29.7 Å². The SMILES string of the molecule is O=C(c1cccc2nccnc12)N1CCc2ccccc2C1. The predicted molar refractivity (Wildman–Crippen MR) is 84.4 cm³/mol. The quantitative estimate of drug-likeness (QED) is 0.692. The van der Waals surface area contributed by atoms with Gasteiger partial charge in [-0.2, -0.15) is 0 Å². The van der Waals surface area contributed by atoms with Gasteiger partial charge in [0.25, 0.3) is 5.91 Å². The zero-order valence-corrected chi connectivity index (χ0v) is 12.1. The molecule has 1 aromatic heterocycles. The van der Waals surface area contributed by atoms with Crippen LogP contribution in [0.5, 0.6) is 0 Å². The Balaban J connectivity index is 1.70. The van der Waals surface area contributed by atoms with Crippen LogP contribution in [0.1, 0.15) is 21.5 Å². The lowest BCUT2D eigenvalue weighted by Gasteiger charge is -2.29. The fourth-order valence-corrected chi connectivity index (χ4v) is 3.00. The maximum absolute atomic E-state index is 12.9. The summed E-state index contributed by atoms with van der Waals surface area (Å²) in [4.78, 5) is 23.4. The van der Waals surface area contributed by atoms with Crippen molar-refractivity contribution in [2.45, 2.75) is 13.0 Å². The van der Waals surface area contributed by atoms with Crippen LogP contribution in [0.25, 0.3) is 11.0 Å². The van der Waals surface area contributed by atoms with Crippen molar-refractivity contribution in [1.82, 2.24) is 14.9 Å². The summed E-state index contributed by atoms with van der Waals surface area (Å²) >= 11 is 0. The standard InChI is InChI=1S/C18H15N3O/c22-18(15-6-3-7-16-17(15)20-10-9-19-16)21-11-8-13-4-1-2-5-14(13)12-21/h1-7,9-10H,8,11-12H2. The van der Waals surface area contributed by atoms with E-state index in [-0.39, 0.29) is 5.91 Å². The summed E-state index contributed by atoms with van der Waals surface area (Å²) in [6, 6.07) is 13.9. The Morgan fingerprint density at radius 1 is 0.955 bits per heavy atom. The maximum Gasteiger partial charge on any atom is 0.256 e. The highest BCUT2D eigenvalue weighted by molar-refractivity contribution is 6.04. The van der Waals surface area contributed by atoms with E-state index in [0.717, 1.165) is 18.5 Å². The van der Waals surface area contributed by atoms with Crippen LogP contribution < -0.4 is 0 Å². The topological polar surface area (TPSA) is 46.1 Å². The van der Waals surface area contributed by atoms with Crippen LogP contribution in [0.4, 0.5) is 0 Å². The summed E-state index contributed by atoms with van der Waals surface area (Å²) in [5.41, 5.74) is 4.63. The van der Waals surface area contributed by atoms with Crippen LogP contribution >= 0.6 is 0 Å². The average Bonchev–Trinajstić information content (AvgIpc) is 2.60. The molecule has 0 radical (unpaired) electrons. The van der Waals surface area contributed by atoms with Gasteiger partial charge >= 0.3 is 0 Å². The third kappa shape index (κ3) is 2.13. The number of fused-ring (bicyclic) bond motifs is 2. The van der Waals surface area contributed by atoms with Crippen LogP contribution in [0, 0.1) is 0 Å². The van der Waals surface area contributed by atoms with Gasteiger partial charge in [-0.25, -0.2) is 0 Å². The minimum absolute atomic E-state index is 0.0283. The fourth-order valence-electron chi connectivity index (χ4n) is 3.00. The van der Waals surface area contributed by atoms with Gasteiger partial charge < -0.3 is 4.90 Å². The minimum Gasteiger partial charge on any atom is -0.334 e. The zero-order valence-electron chi connectivity index (χ0n) is 12.1. The van der Waals surface area contributed by atoms with E-state index in [9.17, 15) is 4.79 Å². The molecule has 2 aromatic carbocycles. The van der Waals surface area contributed by atoms with Crippen LogP contribution in [0.15, 0.2) is 54.9 Å². The summed E-state index contributed by atoms with van der Waals surface area (Å²) < 4.78 is 0. The number of rotatable bonds is 1. The molecule has 0 saturated heterocycles. The van der Waals surface area contributed by atoms with Gasteiger partial charge in [0, 0.05) is 25.5 Å². The van der Waals surface area contributed by atoms with Crippen LogP contribution in [0.2, 0.25) is 0 Å². The van der Waals surface area contributed by atoms with Gasteiger partial charge in [-0.3, -0.25) is 14.8 Å². The molecular formula is C18H15N3O. The van der Waals surface area contributed by atoms with Gasteiger partial charge in [0.2, 0.25) is 0 Å². The minimum atomic E-state index is 0.0283. The molecular weight excluding hydrogens is 274 g/mol. The van der Waals surface area contributed by atoms with Crippen molar-refractivity contribution in [2.75, 3.05) is 6.54 Å². The van der Waals surface area contributed by atoms with Crippen molar-refractivity contribution < 1.29 is 4.79 Å². The normalized spacial score (nSPS) is 13.9. The van der Waals surface area contributed by atoms with E-state index in [1.807, 2.05) is 29.2 Å². The summed E-state index contributed by atoms with van der Waals surface area (Å²) in [6.45, 7) is 1.40. The first-order chi connectivity index (χ1) is 10.8. The number of benzene rings is 2.